The molecule has 31 heavy (non-hydrogen) atoms. The first kappa shape index (κ1) is 21.8. The quantitative estimate of drug-likeness (QED) is 0.167. The van der Waals surface area contributed by atoms with Crippen LogP contribution >= 0.6 is 51.5 Å². The van der Waals surface area contributed by atoms with E-state index in [9.17, 15) is 14.9 Å². The normalized spacial score (nSPS) is 15.2. The molecule has 0 aliphatic carbocycles. The van der Waals surface area contributed by atoms with E-state index in [4.69, 9.17) is 23.8 Å². The summed E-state index contributed by atoms with van der Waals surface area (Å²) in [6, 6.07) is 15.5. The van der Waals surface area contributed by atoms with E-state index >= 15 is 0 Å². The third kappa shape index (κ3) is 4.45. The maximum absolute atomic E-state index is 13.0. The van der Waals surface area contributed by atoms with E-state index < -0.39 is 4.92 Å². The lowest BCUT2D eigenvalue weighted by molar-refractivity contribution is -0.385. The van der Waals surface area contributed by atoms with Crippen molar-refractivity contribution in [1.29, 1.82) is 0 Å². The Kier molecular flexibility index (Phi) is 6.29. The number of nitro groups is 1. The lowest BCUT2D eigenvalue weighted by atomic mass is 10.2. The number of benzene rings is 2. The first-order valence-corrected chi connectivity index (χ1v) is 11.3. The molecular formula is C21H13BrClN3O3S2. The zero-order valence-corrected chi connectivity index (χ0v) is 19.7. The van der Waals surface area contributed by atoms with E-state index in [0.717, 1.165) is 10.2 Å². The molecule has 156 valence electrons. The highest BCUT2D eigenvalue weighted by atomic mass is 79.9. The Hall–Kier alpha value is -2.46. The van der Waals surface area contributed by atoms with Crippen molar-refractivity contribution in [3.63, 3.8) is 0 Å². The molecule has 1 aliphatic rings. The highest BCUT2D eigenvalue weighted by Crippen LogP contribution is 2.38. The lowest BCUT2D eigenvalue weighted by Gasteiger charge is -2.15. The smallest absolute Gasteiger partial charge is 0.274 e. The van der Waals surface area contributed by atoms with Crippen molar-refractivity contribution in [2.45, 2.75) is 6.54 Å². The van der Waals surface area contributed by atoms with Crippen LogP contribution in [-0.4, -0.2) is 19.7 Å². The number of hydrogen-bond donors (Lipinski definition) is 0. The number of thioether (sulfide) groups is 1. The van der Waals surface area contributed by atoms with Gasteiger partial charge in [-0.2, -0.15) is 0 Å². The molecule has 0 N–H and O–H groups in total. The molecule has 1 aromatic heterocycles. The third-order valence-electron chi connectivity index (χ3n) is 4.63. The summed E-state index contributed by atoms with van der Waals surface area (Å²) in [5.74, 6) is -0.244. The van der Waals surface area contributed by atoms with Crippen LogP contribution in [0.1, 0.15) is 11.3 Å². The molecule has 0 unspecified atom stereocenters. The van der Waals surface area contributed by atoms with Gasteiger partial charge in [0.1, 0.15) is 0 Å². The number of carbonyl (C=O) groups excluding carboxylic acids is 1. The van der Waals surface area contributed by atoms with Gasteiger partial charge in [0.2, 0.25) is 0 Å². The molecule has 1 amide bonds. The number of amides is 1. The number of nitrogens with zero attached hydrogens (tertiary/aromatic N) is 3. The van der Waals surface area contributed by atoms with Crippen LogP contribution in [-0.2, 0) is 11.3 Å². The van der Waals surface area contributed by atoms with Gasteiger partial charge < -0.3 is 4.57 Å². The summed E-state index contributed by atoms with van der Waals surface area (Å²) < 4.78 is 2.99. The fourth-order valence-electron chi connectivity index (χ4n) is 3.16. The van der Waals surface area contributed by atoms with Gasteiger partial charge in [-0.15, -0.1) is 0 Å². The number of aromatic nitrogens is 1. The van der Waals surface area contributed by atoms with Gasteiger partial charge in [-0.05, 0) is 52.3 Å². The number of nitro benzene ring substituents is 1. The summed E-state index contributed by atoms with van der Waals surface area (Å²) in [4.78, 5) is 25.9. The molecular weight excluding hydrogens is 522 g/mol. The van der Waals surface area contributed by atoms with E-state index in [2.05, 4.69) is 15.9 Å². The third-order valence-corrected chi connectivity index (χ3v) is 7.16. The van der Waals surface area contributed by atoms with E-state index in [-0.39, 0.29) is 11.6 Å². The number of anilines is 1. The predicted molar refractivity (Wildman–Crippen MR) is 131 cm³/mol. The summed E-state index contributed by atoms with van der Waals surface area (Å²) >= 11 is 16.1. The van der Waals surface area contributed by atoms with Gasteiger partial charge in [-0.25, -0.2) is 0 Å². The Morgan fingerprint density at radius 2 is 1.97 bits per heavy atom. The van der Waals surface area contributed by atoms with Crippen LogP contribution in [0.25, 0.3) is 6.08 Å². The lowest BCUT2D eigenvalue weighted by Crippen LogP contribution is -2.27. The fourth-order valence-corrected chi connectivity index (χ4v) is 4.86. The number of rotatable bonds is 5. The number of halogens is 2. The summed E-state index contributed by atoms with van der Waals surface area (Å²) in [5, 5.41) is 11.8. The van der Waals surface area contributed by atoms with E-state index in [1.807, 2.05) is 22.9 Å². The Morgan fingerprint density at radius 3 is 2.71 bits per heavy atom. The Labute approximate surface area is 200 Å². The Bertz CT molecular complexity index is 1260. The Morgan fingerprint density at radius 1 is 1.19 bits per heavy atom. The first-order chi connectivity index (χ1) is 14.8. The van der Waals surface area contributed by atoms with Crippen molar-refractivity contribution in [3.8, 4) is 0 Å². The van der Waals surface area contributed by atoms with Crippen molar-refractivity contribution in [1.82, 2.24) is 4.57 Å². The van der Waals surface area contributed by atoms with Gasteiger partial charge in [-0.3, -0.25) is 19.8 Å². The number of carbonyl (C=O) groups is 1. The molecule has 0 spiro atoms. The van der Waals surface area contributed by atoms with E-state index in [1.165, 1.54) is 22.7 Å². The monoisotopic (exact) mass is 533 g/mol. The largest absolute Gasteiger partial charge is 0.343 e. The molecule has 0 radical (unpaired) electrons. The van der Waals surface area contributed by atoms with E-state index in [1.54, 1.807) is 42.5 Å². The van der Waals surface area contributed by atoms with Gasteiger partial charge in [0, 0.05) is 28.0 Å². The Balaban J connectivity index is 1.63. The maximum Gasteiger partial charge on any atom is 0.274 e. The van der Waals surface area contributed by atoms with Crippen molar-refractivity contribution < 1.29 is 9.72 Å². The van der Waals surface area contributed by atoms with Gasteiger partial charge in [-0.1, -0.05) is 53.8 Å². The first-order valence-electron chi connectivity index (χ1n) is 8.95. The summed E-state index contributed by atoms with van der Waals surface area (Å²) in [7, 11) is 0. The fraction of sp³-hybridized carbons (Fsp3) is 0.0476. The molecule has 6 nitrogen and oxygen atoms in total. The van der Waals surface area contributed by atoms with Crippen LogP contribution in [0.5, 0.6) is 0 Å². The van der Waals surface area contributed by atoms with Gasteiger partial charge in [0.05, 0.1) is 27.1 Å². The number of para-hydroxylation sites is 1. The van der Waals surface area contributed by atoms with Crippen molar-refractivity contribution >= 4 is 79.2 Å². The standard InChI is InChI=1S/C21H13BrClN3O3S2/c22-16-8-7-15(10-17(16)23)25-20(27)19(31-21(25)30)11-14-5-3-9-24(14)12-13-4-1-2-6-18(13)26(28)29/h1-11H,12H2/b19-11+. The average molecular weight is 535 g/mol. The van der Waals surface area contributed by atoms with Gasteiger partial charge >= 0.3 is 0 Å². The average Bonchev–Trinajstić information content (AvgIpc) is 3.28. The van der Waals surface area contributed by atoms with Crippen LogP contribution in [0.4, 0.5) is 11.4 Å². The minimum atomic E-state index is -0.396. The van der Waals surface area contributed by atoms with Crippen LogP contribution in [0.3, 0.4) is 0 Å². The summed E-state index contributed by atoms with van der Waals surface area (Å²) in [5.41, 5.74) is 1.97. The van der Waals surface area contributed by atoms with Crippen LogP contribution < -0.4 is 4.90 Å². The van der Waals surface area contributed by atoms with Crippen LogP contribution in [0.2, 0.25) is 5.02 Å². The molecule has 2 heterocycles. The van der Waals surface area contributed by atoms with Gasteiger partial charge in [0.25, 0.3) is 11.6 Å². The molecule has 10 heteroatoms. The second-order valence-electron chi connectivity index (χ2n) is 6.56. The van der Waals surface area contributed by atoms with Crippen molar-refractivity contribution in [3.05, 3.63) is 96.6 Å². The van der Waals surface area contributed by atoms with Crippen LogP contribution in [0.15, 0.2) is 70.2 Å². The molecule has 1 saturated heterocycles. The highest BCUT2D eigenvalue weighted by molar-refractivity contribution is 9.10. The highest BCUT2D eigenvalue weighted by Gasteiger charge is 2.33. The maximum atomic E-state index is 13.0. The van der Waals surface area contributed by atoms with E-state index in [0.29, 0.717) is 32.0 Å². The molecule has 2 aromatic carbocycles. The summed E-state index contributed by atoms with van der Waals surface area (Å²) in [6.07, 6.45) is 3.56. The van der Waals surface area contributed by atoms with Crippen molar-refractivity contribution in [2.75, 3.05) is 4.90 Å². The second-order valence-corrected chi connectivity index (χ2v) is 9.50. The zero-order chi connectivity index (χ0) is 22.1. The van der Waals surface area contributed by atoms with Crippen molar-refractivity contribution in [2.24, 2.45) is 0 Å². The zero-order valence-electron chi connectivity index (χ0n) is 15.7. The molecule has 1 fully saturated rings. The number of hydrogen-bond acceptors (Lipinski definition) is 5. The minimum absolute atomic E-state index is 0.0561. The summed E-state index contributed by atoms with van der Waals surface area (Å²) in [6.45, 7) is 0.304. The van der Waals surface area contributed by atoms with Gasteiger partial charge in [0.15, 0.2) is 4.32 Å². The molecule has 0 atom stereocenters. The topological polar surface area (TPSA) is 68.4 Å². The second kappa shape index (κ2) is 8.96. The molecule has 0 saturated carbocycles. The predicted octanol–water partition coefficient (Wildman–Crippen LogP) is 6.27. The number of thiocarbonyl (C=S) groups is 1. The molecule has 0 bridgehead atoms. The molecule has 4 rings (SSSR count). The van der Waals surface area contributed by atoms with Crippen LogP contribution in [0, 0.1) is 10.1 Å². The SMILES string of the molecule is O=C1/C(=C\c2cccn2Cc2ccccc2[N+](=O)[O-])SC(=S)N1c1ccc(Br)c(Cl)c1. The minimum Gasteiger partial charge on any atom is -0.343 e. The molecule has 1 aliphatic heterocycles. The molecule has 3 aromatic rings.